The van der Waals surface area contributed by atoms with Crippen LogP contribution in [0.5, 0.6) is 17.2 Å². The number of rotatable bonds is 4. The van der Waals surface area contributed by atoms with E-state index in [0.717, 1.165) is 54.6 Å². The highest BCUT2D eigenvalue weighted by atomic mass is 16.7. The summed E-state index contributed by atoms with van der Waals surface area (Å²) in [5.74, 6) is 4.09. The summed E-state index contributed by atoms with van der Waals surface area (Å²) in [6, 6.07) is 4.39. The predicted octanol–water partition coefficient (Wildman–Crippen LogP) is 1.43. The molecule has 0 aliphatic carbocycles. The van der Waals surface area contributed by atoms with Gasteiger partial charge in [-0.2, -0.15) is 5.10 Å². The molecule has 0 radical (unpaired) electrons. The first-order valence-corrected chi connectivity index (χ1v) is 7.83. The maximum atomic E-state index is 5.47. The van der Waals surface area contributed by atoms with Crippen LogP contribution in [-0.2, 0) is 19.5 Å². The van der Waals surface area contributed by atoms with Crippen LogP contribution in [0.2, 0.25) is 0 Å². The normalized spacial score (nSPS) is 18.8. The van der Waals surface area contributed by atoms with Crippen LogP contribution in [0.25, 0.3) is 0 Å². The first-order chi connectivity index (χ1) is 11.2. The average Bonchev–Trinajstić information content (AvgIpc) is 3.16. The van der Waals surface area contributed by atoms with E-state index in [0.29, 0.717) is 11.8 Å². The molecule has 3 heterocycles. The number of hydrogen-bond donors (Lipinski definition) is 1. The fourth-order valence-corrected chi connectivity index (χ4v) is 3.15. The quantitative estimate of drug-likeness (QED) is 0.920. The van der Waals surface area contributed by atoms with Gasteiger partial charge >= 0.3 is 0 Å². The van der Waals surface area contributed by atoms with Crippen molar-refractivity contribution in [3.8, 4) is 17.2 Å². The molecular formula is C16H20N4O3. The fraction of sp³-hybridized carbons (Fsp3) is 0.500. The van der Waals surface area contributed by atoms with E-state index in [1.165, 1.54) is 0 Å². The number of fused-ring (bicyclic) bond motifs is 2. The molecule has 2 aliphatic rings. The second-order valence-electron chi connectivity index (χ2n) is 5.91. The SMILES string of the molecule is COc1cc(CN[C@@H]2CCc3nc(C)nn3C2)cc2c1OCO2. The summed E-state index contributed by atoms with van der Waals surface area (Å²) in [4.78, 5) is 4.44. The summed E-state index contributed by atoms with van der Waals surface area (Å²) in [5.41, 5.74) is 1.12. The number of benzene rings is 1. The summed E-state index contributed by atoms with van der Waals surface area (Å²) in [6.45, 7) is 3.80. The number of aryl methyl sites for hydroxylation is 2. The van der Waals surface area contributed by atoms with Crippen molar-refractivity contribution in [2.24, 2.45) is 0 Å². The Kier molecular flexibility index (Phi) is 3.57. The van der Waals surface area contributed by atoms with E-state index in [4.69, 9.17) is 14.2 Å². The minimum Gasteiger partial charge on any atom is -0.493 e. The molecule has 0 spiro atoms. The topological polar surface area (TPSA) is 70.4 Å². The zero-order valence-electron chi connectivity index (χ0n) is 13.3. The summed E-state index contributed by atoms with van der Waals surface area (Å²) in [5, 5.41) is 8.03. The maximum Gasteiger partial charge on any atom is 0.231 e. The molecule has 0 bridgehead atoms. The zero-order valence-corrected chi connectivity index (χ0v) is 13.3. The number of methoxy groups -OCH3 is 1. The number of hydrogen-bond acceptors (Lipinski definition) is 6. The van der Waals surface area contributed by atoms with E-state index < -0.39 is 0 Å². The average molecular weight is 316 g/mol. The van der Waals surface area contributed by atoms with Gasteiger partial charge in [-0.25, -0.2) is 9.67 Å². The number of nitrogens with one attached hydrogen (secondary N) is 1. The van der Waals surface area contributed by atoms with Crippen LogP contribution < -0.4 is 19.5 Å². The molecule has 0 amide bonds. The molecule has 1 N–H and O–H groups in total. The number of aromatic nitrogens is 3. The molecule has 1 aromatic heterocycles. The Morgan fingerprint density at radius 1 is 1.39 bits per heavy atom. The highest BCUT2D eigenvalue weighted by molar-refractivity contribution is 5.55. The van der Waals surface area contributed by atoms with Crippen LogP contribution in [0.15, 0.2) is 12.1 Å². The van der Waals surface area contributed by atoms with E-state index >= 15 is 0 Å². The van der Waals surface area contributed by atoms with Crippen molar-refractivity contribution < 1.29 is 14.2 Å². The van der Waals surface area contributed by atoms with Crippen molar-refractivity contribution in [1.82, 2.24) is 20.1 Å². The van der Waals surface area contributed by atoms with Crippen molar-refractivity contribution in [3.05, 3.63) is 29.3 Å². The standard InChI is InChI=1S/C16H20N4O3/c1-10-18-15-4-3-12(8-20(15)19-10)17-7-11-5-13(21-2)16-14(6-11)22-9-23-16/h5-6,12,17H,3-4,7-9H2,1-2H3/t12-/m1/s1. The summed E-state index contributed by atoms with van der Waals surface area (Å²) >= 11 is 0. The number of ether oxygens (including phenoxy) is 3. The minimum absolute atomic E-state index is 0.250. The van der Waals surface area contributed by atoms with Gasteiger partial charge in [0.05, 0.1) is 13.7 Å². The molecule has 7 heteroatoms. The molecule has 0 fully saturated rings. The van der Waals surface area contributed by atoms with Crippen molar-refractivity contribution >= 4 is 0 Å². The van der Waals surface area contributed by atoms with Crippen molar-refractivity contribution in [3.63, 3.8) is 0 Å². The Hall–Kier alpha value is -2.28. The molecule has 0 saturated carbocycles. The van der Waals surface area contributed by atoms with Crippen molar-refractivity contribution in [1.29, 1.82) is 0 Å². The first kappa shape index (κ1) is 14.3. The van der Waals surface area contributed by atoms with E-state index in [1.54, 1.807) is 7.11 Å². The highest BCUT2D eigenvalue weighted by Gasteiger charge is 2.22. The maximum absolute atomic E-state index is 5.47. The van der Waals surface area contributed by atoms with Gasteiger partial charge in [0.1, 0.15) is 11.6 Å². The first-order valence-electron chi connectivity index (χ1n) is 7.83. The monoisotopic (exact) mass is 316 g/mol. The highest BCUT2D eigenvalue weighted by Crippen LogP contribution is 2.41. The van der Waals surface area contributed by atoms with Gasteiger partial charge in [-0.1, -0.05) is 0 Å². The van der Waals surface area contributed by atoms with Crippen LogP contribution in [0, 0.1) is 6.92 Å². The largest absolute Gasteiger partial charge is 0.493 e. The lowest BCUT2D eigenvalue weighted by Crippen LogP contribution is -2.37. The van der Waals surface area contributed by atoms with Crippen LogP contribution in [0.3, 0.4) is 0 Å². The molecule has 0 saturated heterocycles. The predicted molar refractivity (Wildman–Crippen MR) is 82.8 cm³/mol. The third kappa shape index (κ3) is 2.72. The lowest BCUT2D eigenvalue weighted by molar-refractivity contribution is 0.171. The second-order valence-corrected chi connectivity index (χ2v) is 5.91. The van der Waals surface area contributed by atoms with Gasteiger partial charge < -0.3 is 19.5 Å². The van der Waals surface area contributed by atoms with Crippen LogP contribution in [0.4, 0.5) is 0 Å². The Morgan fingerprint density at radius 3 is 3.17 bits per heavy atom. The summed E-state index contributed by atoms with van der Waals surface area (Å²) < 4.78 is 18.3. The Labute approximate surface area is 134 Å². The molecular weight excluding hydrogens is 296 g/mol. The Bertz CT molecular complexity index is 728. The lowest BCUT2D eigenvalue weighted by Gasteiger charge is -2.23. The van der Waals surface area contributed by atoms with E-state index in [2.05, 4.69) is 15.4 Å². The molecule has 4 rings (SSSR count). The summed E-state index contributed by atoms with van der Waals surface area (Å²) in [6.07, 6.45) is 2.03. The van der Waals surface area contributed by atoms with Gasteiger partial charge in [-0.05, 0) is 31.0 Å². The van der Waals surface area contributed by atoms with E-state index in [1.807, 2.05) is 23.7 Å². The molecule has 2 aliphatic heterocycles. The van der Waals surface area contributed by atoms with Crippen molar-refractivity contribution in [2.45, 2.75) is 38.9 Å². The number of nitrogens with zero attached hydrogens (tertiary/aromatic N) is 3. The molecule has 7 nitrogen and oxygen atoms in total. The van der Waals surface area contributed by atoms with Gasteiger partial charge in [-0.3, -0.25) is 0 Å². The third-order valence-electron chi connectivity index (χ3n) is 4.28. The van der Waals surface area contributed by atoms with Gasteiger partial charge in [0, 0.05) is 19.0 Å². The second kappa shape index (κ2) is 5.73. The molecule has 2 aromatic rings. The lowest BCUT2D eigenvalue weighted by atomic mass is 10.1. The molecule has 23 heavy (non-hydrogen) atoms. The molecule has 122 valence electrons. The third-order valence-corrected chi connectivity index (χ3v) is 4.28. The molecule has 1 aromatic carbocycles. The summed E-state index contributed by atoms with van der Waals surface area (Å²) in [7, 11) is 1.64. The molecule has 0 unspecified atom stereocenters. The Balaban J connectivity index is 1.44. The van der Waals surface area contributed by atoms with Crippen molar-refractivity contribution in [2.75, 3.05) is 13.9 Å². The van der Waals surface area contributed by atoms with Crippen LogP contribution in [-0.4, -0.2) is 34.7 Å². The molecule has 1 atom stereocenters. The van der Waals surface area contributed by atoms with Gasteiger partial charge in [0.2, 0.25) is 12.5 Å². The van der Waals surface area contributed by atoms with Crippen LogP contribution in [0.1, 0.15) is 23.6 Å². The van der Waals surface area contributed by atoms with Gasteiger partial charge in [0.15, 0.2) is 11.5 Å². The van der Waals surface area contributed by atoms with Gasteiger partial charge in [0.25, 0.3) is 0 Å². The zero-order chi connectivity index (χ0) is 15.8. The fourth-order valence-electron chi connectivity index (χ4n) is 3.15. The van der Waals surface area contributed by atoms with E-state index in [-0.39, 0.29) is 6.79 Å². The van der Waals surface area contributed by atoms with E-state index in [9.17, 15) is 0 Å². The smallest absolute Gasteiger partial charge is 0.231 e. The Morgan fingerprint density at radius 2 is 2.30 bits per heavy atom. The van der Waals surface area contributed by atoms with Gasteiger partial charge in [-0.15, -0.1) is 0 Å². The van der Waals surface area contributed by atoms with Crippen LogP contribution >= 0.6 is 0 Å². The minimum atomic E-state index is 0.250.